The van der Waals surface area contributed by atoms with Crippen LogP contribution < -0.4 is 0 Å². The lowest BCUT2D eigenvalue weighted by atomic mass is 9.78. The van der Waals surface area contributed by atoms with Crippen LogP contribution in [0.5, 0.6) is 0 Å². The SMILES string of the molecule is CCN1C(=O)CCC(C)(CC)C1=O. The molecule has 1 atom stereocenters. The van der Waals surface area contributed by atoms with Gasteiger partial charge in [0.05, 0.1) is 0 Å². The van der Waals surface area contributed by atoms with Crippen molar-refractivity contribution in [3.8, 4) is 0 Å². The molecule has 0 saturated carbocycles. The molecule has 0 spiro atoms. The summed E-state index contributed by atoms with van der Waals surface area (Å²) in [5.74, 6) is -0.00725. The van der Waals surface area contributed by atoms with E-state index in [2.05, 4.69) is 0 Å². The van der Waals surface area contributed by atoms with E-state index in [1.54, 1.807) is 0 Å². The second-order valence-corrected chi connectivity index (χ2v) is 3.86. The maximum atomic E-state index is 11.8. The van der Waals surface area contributed by atoms with E-state index in [0.29, 0.717) is 19.4 Å². The molecule has 0 radical (unpaired) electrons. The minimum atomic E-state index is -0.302. The van der Waals surface area contributed by atoms with Gasteiger partial charge in [-0.1, -0.05) is 13.8 Å². The summed E-state index contributed by atoms with van der Waals surface area (Å²) in [6, 6.07) is 0. The smallest absolute Gasteiger partial charge is 0.235 e. The van der Waals surface area contributed by atoms with Crippen LogP contribution in [0, 0.1) is 5.41 Å². The lowest BCUT2D eigenvalue weighted by Crippen LogP contribution is -2.49. The zero-order chi connectivity index (χ0) is 10.1. The van der Waals surface area contributed by atoms with E-state index in [0.717, 1.165) is 6.42 Å². The molecule has 0 N–H and O–H groups in total. The number of hydrogen-bond donors (Lipinski definition) is 0. The average molecular weight is 183 g/mol. The summed E-state index contributed by atoms with van der Waals surface area (Å²) in [5.41, 5.74) is -0.302. The maximum absolute atomic E-state index is 11.8. The van der Waals surface area contributed by atoms with E-state index in [1.807, 2.05) is 20.8 Å². The summed E-state index contributed by atoms with van der Waals surface area (Å²) < 4.78 is 0. The van der Waals surface area contributed by atoms with Crippen molar-refractivity contribution in [1.82, 2.24) is 4.90 Å². The highest BCUT2D eigenvalue weighted by Crippen LogP contribution is 2.34. The minimum absolute atomic E-state index is 0.00810. The topological polar surface area (TPSA) is 37.4 Å². The Morgan fingerprint density at radius 1 is 1.38 bits per heavy atom. The molecule has 1 saturated heterocycles. The number of imide groups is 1. The number of hydrogen-bond acceptors (Lipinski definition) is 2. The van der Waals surface area contributed by atoms with Gasteiger partial charge in [0.25, 0.3) is 0 Å². The Hall–Kier alpha value is -0.860. The average Bonchev–Trinajstić information content (AvgIpc) is 2.13. The van der Waals surface area contributed by atoms with E-state index in [-0.39, 0.29) is 17.2 Å². The highest BCUT2D eigenvalue weighted by molar-refractivity contribution is 6.00. The standard InChI is InChI=1S/C10H17NO2/c1-4-10(3)7-6-8(12)11(5-2)9(10)13/h4-7H2,1-3H3. The van der Waals surface area contributed by atoms with E-state index >= 15 is 0 Å². The van der Waals surface area contributed by atoms with Crippen molar-refractivity contribution in [2.75, 3.05) is 6.54 Å². The maximum Gasteiger partial charge on any atom is 0.235 e. The molecule has 0 bridgehead atoms. The van der Waals surface area contributed by atoms with E-state index < -0.39 is 0 Å². The number of piperidine rings is 1. The third-order valence-electron chi connectivity index (χ3n) is 3.05. The van der Waals surface area contributed by atoms with Crippen LogP contribution in [0.2, 0.25) is 0 Å². The molecule has 3 heteroatoms. The molecule has 1 aliphatic heterocycles. The molecule has 0 aromatic carbocycles. The summed E-state index contributed by atoms with van der Waals surface area (Å²) in [6.45, 7) is 6.30. The molecular weight excluding hydrogens is 166 g/mol. The summed E-state index contributed by atoms with van der Waals surface area (Å²) in [6.07, 6.45) is 2.04. The number of nitrogens with zero attached hydrogens (tertiary/aromatic N) is 1. The number of amides is 2. The molecule has 2 amide bonds. The predicted molar refractivity (Wildman–Crippen MR) is 50.0 cm³/mol. The van der Waals surface area contributed by atoms with Crippen molar-refractivity contribution >= 4 is 11.8 Å². The fourth-order valence-corrected chi connectivity index (χ4v) is 1.71. The van der Waals surface area contributed by atoms with Gasteiger partial charge in [-0.3, -0.25) is 14.5 Å². The third kappa shape index (κ3) is 1.60. The van der Waals surface area contributed by atoms with Gasteiger partial charge in [0.15, 0.2) is 0 Å². The molecular formula is C10H17NO2. The first-order valence-electron chi connectivity index (χ1n) is 4.90. The monoisotopic (exact) mass is 183 g/mol. The normalized spacial score (nSPS) is 29.6. The Bertz CT molecular complexity index is 237. The van der Waals surface area contributed by atoms with Crippen LogP contribution >= 0.6 is 0 Å². The second kappa shape index (κ2) is 3.48. The van der Waals surface area contributed by atoms with Crippen molar-refractivity contribution in [2.45, 2.75) is 40.0 Å². The van der Waals surface area contributed by atoms with Crippen LogP contribution in [0.1, 0.15) is 40.0 Å². The van der Waals surface area contributed by atoms with Gasteiger partial charge in [-0.2, -0.15) is 0 Å². The molecule has 0 aliphatic carbocycles. The Morgan fingerprint density at radius 3 is 2.46 bits per heavy atom. The molecule has 1 heterocycles. The van der Waals surface area contributed by atoms with Gasteiger partial charge < -0.3 is 0 Å². The highest BCUT2D eigenvalue weighted by atomic mass is 16.2. The molecule has 74 valence electrons. The number of carbonyl (C=O) groups is 2. The van der Waals surface area contributed by atoms with E-state index in [1.165, 1.54) is 4.90 Å². The quantitative estimate of drug-likeness (QED) is 0.609. The number of carbonyl (C=O) groups excluding carboxylic acids is 2. The lowest BCUT2D eigenvalue weighted by molar-refractivity contribution is -0.156. The van der Waals surface area contributed by atoms with E-state index in [9.17, 15) is 9.59 Å². The van der Waals surface area contributed by atoms with Crippen LogP contribution in [-0.2, 0) is 9.59 Å². The van der Waals surface area contributed by atoms with Crippen LogP contribution in [0.25, 0.3) is 0 Å². The first-order valence-corrected chi connectivity index (χ1v) is 4.90. The summed E-state index contributed by atoms with van der Waals surface area (Å²) in [4.78, 5) is 24.6. The fraction of sp³-hybridized carbons (Fsp3) is 0.800. The van der Waals surface area contributed by atoms with Gasteiger partial charge >= 0.3 is 0 Å². The van der Waals surface area contributed by atoms with Gasteiger partial charge in [0, 0.05) is 18.4 Å². The number of likely N-dealkylation sites (tertiary alicyclic amines) is 1. The van der Waals surface area contributed by atoms with Crippen LogP contribution in [-0.4, -0.2) is 23.3 Å². The molecule has 13 heavy (non-hydrogen) atoms. The van der Waals surface area contributed by atoms with Gasteiger partial charge in [-0.25, -0.2) is 0 Å². The highest BCUT2D eigenvalue weighted by Gasteiger charge is 2.41. The summed E-state index contributed by atoms with van der Waals surface area (Å²) >= 11 is 0. The minimum Gasteiger partial charge on any atom is -0.282 e. The summed E-state index contributed by atoms with van der Waals surface area (Å²) in [7, 11) is 0. The van der Waals surface area contributed by atoms with Gasteiger partial charge in [-0.05, 0) is 19.8 Å². The van der Waals surface area contributed by atoms with Crippen molar-refractivity contribution in [3.05, 3.63) is 0 Å². The Balaban J connectivity index is 2.87. The molecule has 1 rings (SSSR count). The number of rotatable bonds is 2. The van der Waals surface area contributed by atoms with Crippen LogP contribution in [0.15, 0.2) is 0 Å². The largest absolute Gasteiger partial charge is 0.282 e. The molecule has 0 aromatic heterocycles. The van der Waals surface area contributed by atoms with Crippen molar-refractivity contribution < 1.29 is 9.59 Å². The molecule has 1 fully saturated rings. The first-order chi connectivity index (χ1) is 6.05. The Morgan fingerprint density at radius 2 is 2.00 bits per heavy atom. The van der Waals surface area contributed by atoms with E-state index in [4.69, 9.17) is 0 Å². The zero-order valence-electron chi connectivity index (χ0n) is 8.59. The van der Waals surface area contributed by atoms with Crippen molar-refractivity contribution in [1.29, 1.82) is 0 Å². The fourth-order valence-electron chi connectivity index (χ4n) is 1.71. The Labute approximate surface area is 79.1 Å². The first kappa shape index (κ1) is 10.2. The molecule has 3 nitrogen and oxygen atoms in total. The van der Waals surface area contributed by atoms with Crippen molar-refractivity contribution in [3.63, 3.8) is 0 Å². The van der Waals surface area contributed by atoms with Crippen molar-refractivity contribution in [2.24, 2.45) is 5.41 Å². The summed E-state index contributed by atoms with van der Waals surface area (Å²) in [5, 5.41) is 0. The third-order valence-corrected chi connectivity index (χ3v) is 3.05. The molecule has 1 unspecified atom stereocenters. The van der Waals surface area contributed by atoms with Crippen LogP contribution in [0.3, 0.4) is 0 Å². The molecule has 1 aliphatic rings. The predicted octanol–water partition coefficient (Wildman–Crippen LogP) is 1.57. The van der Waals surface area contributed by atoms with Gasteiger partial charge in [0.2, 0.25) is 11.8 Å². The van der Waals surface area contributed by atoms with Gasteiger partial charge in [0.1, 0.15) is 0 Å². The second-order valence-electron chi connectivity index (χ2n) is 3.86. The Kier molecular flexibility index (Phi) is 2.74. The van der Waals surface area contributed by atoms with Crippen LogP contribution in [0.4, 0.5) is 0 Å². The lowest BCUT2D eigenvalue weighted by Gasteiger charge is -2.36. The zero-order valence-corrected chi connectivity index (χ0v) is 8.59. The molecule has 0 aromatic rings. The van der Waals surface area contributed by atoms with Gasteiger partial charge in [-0.15, -0.1) is 0 Å².